The molecule has 1 heterocycles. The van der Waals surface area contributed by atoms with Crippen molar-refractivity contribution in [3.8, 4) is 0 Å². The molecule has 9 heteroatoms. The Labute approximate surface area is 139 Å². The van der Waals surface area contributed by atoms with Crippen LogP contribution < -0.4 is 10.0 Å². The van der Waals surface area contributed by atoms with Crippen LogP contribution in [0.15, 0.2) is 28.6 Å². The monoisotopic (exact) mass is 354 g/mol. The Balaban J connectivity index is 1.86. The molecule has 2 N–H and O–H groups in total. The standard InChI is InChI=1S/C14H18N4O3S2/c1-10-5-3-6-12(9-10)7-4-8-15-23(20,21)14-18-17-13(22-14)16-11(2)19/h3,5-6,9,15H,4,7-8H2,1-2H3,(H,16,17,19). The maximum Gasteiger partial charge on any atom is 0.269 e. The fraction of sp³-hybridized carbons (Fsp3) is 0.357. The van der Waals surface area contributed by atoms with Gasteiger partial charge in [-0.15, -0.1) is 10.2 Å². The minimum absolute atomic E-state index is 0.156. The molecule has 0 aliphatic heterocycles. The Kier molecular flexibility index (Phi) is 5.80. The van der Waals surface area contributed by atoms with Crippen LogP contribution in [0.3, 0.4) is 0 Å². The van der Waals surface area contributed by atoms with Crippen molar-refractivity contribution in [2.24, 2.45) is 0 Å². The van der Waals surface area contributed by atoms with E-state index < -0.39 is 10.0 Å². The summed E-state index contributed by atoms with van der Waals surface area (Å²) in [6.45, 7) is 3.65. The van der Waals surface area contributed by atoms with Gasteiger partial charge in [-0.25, -0.2) is 13.1 Å². The molecule has 23 heavy (non-hydrogen) atoms. The molecular weight excluding hydrogens is 336 g/mol. The van der Waals surface area contributed by atoms with Gasteiger partial charge in [0.1, 0.15) is 0 Å². The van der Waals surface area contributed by atoms with E-state index >= 15 is 0 Å². The van der Waals surface area contributed by atoms with Crippen LogP contribution in [0.1, 0.15) is 24.5 Å². The molecule has 1 amide bonds. The number of nitrogens with one attached hydrogen (secondary N) is 2. The lowest BCUT2D eigenvalue weighted by atomic mass is 10.1. The Hall–Kier alpha value is -1.84. The number of hydrogen-bond donors (Lipinski definition) is 2. The lowest BCUT2D eigenvalue weighted by Crippen LogP contribution is -2.25. The number of rotatable bonds is 7. The van der Waals surface area contributed by atoms with E-state index in [1.807, 2.05) is 25.1 Å². The van der Waals surface area contributed by atoms with E-state index in [9.17, 15) is 13.2 Å². The van der Waals surface area contributed by atoms with Gasteiger partial charge in [0.05, 0.1) is 0 Å². The predicted molar refractivity (Wildman–Crippen MR) is 88.9 cm³/mol. The SMILES string of the molecule is CC(=O)Nc1nnc(S(=O)(=O)NCCCc2cccc(C)c2)s1. The molecule has 0 aliphatic carbocycles. The van der Waals surface area contributed by atoms with Gasteiger partial charge in [0, 0.05) is 13.5 Å². The number of benzene rings is 1. The molecule has 0 unspecified atom stereocenters. The van der Waals surface area contributed by atoms with Crippen LogP contribution in [0.2, 0.25) is 0 Å². The highest BCUT2D eigenvalue weighted by Crippen LogP contribution is 2.19. The number of anilines is 1. The van der Waals surface area contributed by atoms with E-state index in [0.29, 0.717) is 13.0 Å². The molecule has 0 spiro atoms. The first-order valence-corrected chi connectivity index (χ1v) is 9.33. The van der Waals surface area contributed by atoms with Gasteiger partial charge in [-0.05, 0) is 25.3 Å². The summed E-state index contributed by atoms with van der Waals surface area (Å²) in [4.78, 5) is 10.9. The lowest BCUT2D eigenvalue weighted by molar-refractivity contribution is -0.114. The molecule has 0 radical (unpaired) electrons. The number of aromatic nitrogens is 2. The molecule has 0 aliphatic rings. The van der Waals surface area contributed by atoms with Crippen LogP contribution in [-0.2, 0) is 21.2 Å². The van der Waals surface area contributed by atoms with E-state index in [1.165, 1.54) is 18.1 Å². The largest absolute Gasteiger partial charge is 0.301 e. The third-order valence-corrected chi connectivity index (χ3v) is 5.60. The summed E-state index contributed by atoms with van der Waals surface area (Å²) in [6, 6.07) is 8.11. The van der Waals surface area contributed by atoms with E-state index in [2.05, 4.69) is 26.3 Å². The van der Waals surface area contributed by atoms with E-state index in [1.54, 1.807) is 0 Å². The van der Waals surface area contributed by atoms with Gasteiger partial charge < -0.3 is 5.32 Å². The highest BCUT2D eigenvalue weighted by molar-refractivity contribution is 7.91. The summed E-state index contributed by atoms with van der Waals surface area (Å²) in [6.07, 6.45) is 1.47. The van der Waals surface area contributed by atoms with Gasteiger partial charge in [-0.2, -0.15) is 0 Å². The quantitative estimate of drug-likeness (QED) is 0.582. The second-order valence-electron chi connectivity index (χ2n) is 5.04. The summed E-state index contributed by atoms with van der Waals surface area (Å²) in [7, 11) is -3.69. The normalized spacial score (nSPS) is 11.4. The van der Waals surface area contributed by atoms with Crippen LogP contribution in [0.5, 0.6) is 0 Å². The van der Waals surface area contributed by atoms with Crippen molar-refractivity contribution in [2.75, 3.05) is 11.9 Å². The molecular formula is C14H18N4O3S2. The molecule has 2 aromatic rings. The zero-order valence-corrected chi connectivity index (χ0v) is 14.5. The number of nitrogens with zero attached hydrogens (tertiary/aromatic N) is 2. The molecule has 1 aromatic carbocycles. The topological polar surface area (TPSA) is 101 Å². The second-order valence-corrected chi connectivity index (χ2v) is 7.96. The zero-order chi connectivity index (χ0) is 16.9. The number of sulfonamides is 1. The molecule has 0 bridgehead atoms. The number of carbonyl (C=O) groups excluding carboxylic acids is 1. The average molecular weight is 354 g/mol. The van der Waals surface area contributed by atoms with Gasteiger partial charge in [-0.3, -0.25) is 4.79 Å². The van der Waals surface area contributed by atoms with E-state index in [-0.39, 0.29) is 15.4 Å². The Morgan fingerprint density at radius 3 is 2.78 bits per heavy atom. The highest BCUT2D eigenvalue weighted by Gasteiger charge is 2.19. The average Bonchev–Trinajstić information content (AvgIpc) is 2.92. The molecule has 0 atom stereocenters. The molecule has 1 aromatic heterocycles. The number of hydrogen-bond acceptors (Lipinski definition) is 6. The number of amides is 1. The summed E-state index contributed by atoms with van der Waals surface area (Å²) in [5.41, 5.74) is 2.36. The first-order chi connectivity index (χ1) is 10.9. The third kappa shape index (κ3) is 5.38. The van der Waals surface area contributed by atoms with Crippen LogP contribution in [-0.4, -0.2) is 31.1 Å². The molecule has 2 rings (SSSR count). The van der Waals surface area contributed by atoms with Gasteiger partial charge in [-0.1, -0.05) is 41.2 Å². The van der Waals surface area contributed by atoms with Crippen LogP contribution in [0.25, 0.3) is 0 Å². The molecule has 0 fully saturated rings. The van der Waals surface area contributed by atoms with Gasteiger partial charge in [0.2, 0.25) is 15.4 Å². The van der Waals surface area contributed by atoms with Crippen molar-refractivity contribution in [2.45, 2.75) is 31.0 Å². The minimum Gasteiger partial charge on any atom is -0.301 e. The molecule has 0 saturated heterocycles. The van der Waals surface area contributed by atoms with Crippen molar-refractivity contribution in [3.63, 3.8) is 0 Å². The fourth-order valence-corrected chi connectivity index (χ4v) is 4.01. The highest BCUT2D eigenvalue weighted by atomic mass is 32.2. The third-order valence-electron chi connectivity index (χ3n) is 2.94. The van der Waals surface area contributed by atoms with Crippen molar-refractivity contribution in [3.05, 3.63) is 35.4 Å². The Morgan fingerprint density at radius 2 is 2.09 bits per heavy atom. The second kappa shape index (κ2) is 7.62. The summed E-state index contributed by atoms with van der Waals surface area (Å²) >= 11 is 0.820. The first kappa shape index (κ1) is 17.5. The lowest BCUT2D eigenvalue weighted by Gasteiger charge is -2.04. The van der Waals surface area contributed by atoms with E-state index in [0.717, 1.165) is 17.8 Å². The van der Waals surface area contributed by atoms with Gasteiger partial charge in [0.15, 0.2) is 0 Å². The maximum absolute atomic E-state index is 12.1. The summed E-state index contributed by atoms with van der Waals surface area (Å²) in [5, 5.41) is 9.79. The van der Waals surface area contributed by atoms with Crippen molar-refractivity contribution < 1.29 is 13.2 Å². The van der Waals surface area contributed by atoms with E-state index in [4.69, 9.17) is 0 Å². The molecule has 7 nitrogen and oxygen atoms in total. The molecule has 0 saturated carbocycles. The predicted octanol–water partition coefficient (Wildman–Crippen LogP) is 1.72. The summed E-state index contributed by atoms with van der Waals surface area (Å²) in [5.74, 6) is -0.323. The van der Waals surface area contributed by atoms with Gasteiger partial charge >= 0.3 is 0 Å². The Morgan fingerprint density at radius 1 is 1.30 bits per heavy atom. The number of carbonyl (C=O) groups is 1. The van der Waals surface area contributed by atoms with Crippen LogP contribution in [0.4, 0.5) is 5.13 Å². The maximum atomic E-state index is 12.1. The fourth-order valence-electron chi connectivity index (χ4n) is 1.95. The van der Waals surface area contributed by atoms with Gasteiger partial charge in [0.25, 0.3) is 10.0 Å². The summed E-state index contributed by atoms with van der Waals surface area (Å²) < 4.78 is 26.5. The first-order valence-electron chi connectivity index (χ1n) is 7.03. The van der Waals surface area contributed by atoms with Crippen molar-refractivity contribution >= 4 is 32.4 Å². The van der Waals surface area contributed by atoms with Crippen molar-refractivity contribution in [1.29, 1.82) is 0 Å². The number of aryl methyl sites for hydroxylation is 2. The van der Waals surface area contributed by atoms with Crippen molar-refractivity contribution in [1.82, 2.24) is 14.9 Å². The zero-order valence-electron chi connectivity index (χ0n) is 12.9. The van der Waals surface area contributed by atoms with Crippen LogP contribution >= 0.6 is 11.3 Å². The molecule has 124 valence electrons. The Bertz CT molecular complexity index is 787. The minimum atomic E-state index is -3.69. The van der Waals surface area contributed by atoms with Crippen LogP contribution in [0, 0.1) is 6.92 Å². The smallest absolute Gasteiger partial charge is 0.269 e.